The number of hydrogen-bond acceptors (Lipinski definition) is 4. The van der Waals surface area contributed by atoms with Gasteiger partial charge in [0.1, 0.15) is 12.1 Å². The predicted molar refractivity (Wildman–Crippen MR) is 79.6 cm³/mol. The van der Waals surface area contributed by atoms with E-state index in [2.05, 4.69) is 40.2 Å². The van der Waals surface area contributed by atoms with E-state index in [1.165, 1.54) is 18.4 Å². The smallest absolute Gasteiger partial charge is 0.133 e. The number of anilines is 1. The van der Waals surface area contributed by atoms with Crippen LogP contribution in [0.1, 0.15) is 41.4 Å². The Morgan fingerprint density at radius 3 is 2.65 bits per heavy atom. The van der Waals surface area contributed by atoms with Crippen molar-refractivity contribution in [3.05, 3.63) is 47.2 Å². The van der Waals surface area contributed by atoms with Crippen molar-refractivity contribution >= 4 is 5.82 Å². The van der Waals surface area contributed by atoms with E-state index in [0.29, 0.717) is 5.92 Å². The average molecular weight is 268 g/mol. The van der Waals surface area contributed by atoms with Crippen molar-refractivity contribution in [2.24, 2.45) is 5.92 Å². The van der Waals surface area contributed by atoms with Gasteiger partial charge < -0.3 is 5.32 Å². The lowest BCUT2D eigenvalue weighted by atomic mass is 10.1. The highest BCUT2D eigenvalue weighted by molar-refractivity contribution is 5.46. The minimum absolute atomic E-state index is 0.253. The first kappa shape index (κ1) is 13.0. The highest BCUT2D eigenvalue weighted by atomic mass is 15.1. The summed E-state index contributed by atoms with van der Waals surface area (Å²) >= 11 is 0. The van der Waals surface area contributed by atoms with Crippen molar-refractivity contribution in [3.8, 4) is 0 Å². The fourth-order valence-corrected chi connectivity index (χ4v) is 2.42. The molecule has 0 spiro atoms. The lowest BCUT2D eigenvalue weighted by Gasteiger charge is -2.20. The first-order valence-electron chi connectivity index (χ1n) is 7.12. The van der Waals surface area contributed by atoms with Crippen LogP contribution >= 0.6 is 0 Å². The maximum absolute atomic E-state index is 4.54. The van der Waals surface area contributed by atoms with Gasteiger partial charge >= 0.3 is 0 Å². The van der Waals surface area contributed by atoms with Gasteiger partial charge in [-0.2, -0.15) is 0 Å². The molecule has 104 valence electrons. The molecular weight excluding hydrogens is 248 g/mol. The summed E-state index contributed by atoms with van der Waals surface area (Å²) in [4.78, 5) is 13.2. The standard InChI is InChI=1S/C16H20N4/c1-10-6-7-17-14(8-10)15(13-4-5-13)20-16-11(2)12(3)18-9-19-16/h6-9,13,15H,4-5H2,1-3H3,(H,18,19,20)/t15-/m0/s1. The highest BCUT2D eigenvalue weighted by Crippen LogP contribution is 2.42. The summed E-state index contributed by atoms with van der Waals surface area (Å²) in [7, 11) is 0. The number of nitrogens with one attached hydrogen (secondary N) is 1. The molecule has 4 nitrogen and oxygen atoms in total. The molecule has 1 aliphatic carbocycles. The Balaban J connectivity index is 1.90. The first-order chi connectivity index (χ1) is 9.65. The van der Waals surface area contributed by atoms with Crippen molar-refractivity contribution in [2.75, 3.05) is 5.32 Å². The van der Waals surface area contributed by atoms with Gasteiger partial charge in [-0.15, -0.1) is 0 Å². The SMILES string of the molecule is Cc1ccnc([C@@H](Nc2ncnc(C)c2C)C2CC2)c1. The Labute approximate surface area is 119 Å². The van der Waals surface area contributed by atoms with E-state index in [9.17, 15) is 0 Å². The van der Waals surface area contributed by atoms with E-state index in [0.717, 1.165) is 22.8 Å². The maximum atomic E-state index is 4.54. The number of rotatable bonds is 4. The van der Waals surface area contributed by atoms with Gasteiger partial charge in [-0.3, -0.25) is 4.98 Å². The largest absolute Gasteiger partial charge is 0.361 e. The molecule has 0 saturated heterocycles. The van der Waals surface area contributed by atoms with Crippen LogP contribution in [-0.4, -0.2) is 15.0 Å². The third-order valence-electron chi connectivity index (χ3n) is 3.98. The second-order valence-corrected chi connectivity index (χ2v) is 5.65. The van der Waals surface area contributed by atoms with E-state index in [-0.39, 0.29) is 6.04 Å². The lowest BCUT2D eigenvalue weighted by molar-refractivity contribution is 0.653. The minimum atomic E-state index is 0.253. The monoisotopic (exact) mass is 268 g/mol. The van der Waals surface area contributed by atoms with Crippen LogP contribution in [0.2, 0.25) is 0 Å². The van der Waals surface area contributed by atoms with Crippen LogP contribution in [0.4, 0.5) is 5.82 Å². The number of aryl methyl sites for hydroxylation is 2. The van der Waals surface area contributed by atoms with Crippen LogP contribution in [0.25, 0.3) is 0 Å². The first-order valence-corrected chi connectivity index (χ1v) is 7.12. The fourth-order valence-electron chi connectivity index (χ4n) is 2.42. The molecule has 1 atom stereocenters. The van der Waals surface area contributed by atoms with E-state index >= 15 is 0 Å². The molecule has 0 unspecified atom stereocenters. The van der Waals surface area contributed by atoms with E-state index in [1.807, 2.05) is 19.2 Å². The lowest BCUT2D eigenvalue weighted by Crippen LogP contribution is -2.16. The Morgan fingerprint density at radius 1 is 1.15 bits per heavy atom. The average Bonchev–Trinajstić information content (AvgIpc) is 3.25. The summed E-state index contributed by atoms with van der Waals surface area (Å²) in [6, 6.07) is 4.45. The normalized spacial score (nSPS) is 15.9. The van der Waals surface area contributed by atoms with Gasteiger partial charge in [0.2, 0.25) is 0 Å². The zero-order valence-corrected chi connectivity index (χ0v) is 12.2. The van der Waals surface area contributed by atoms with Crippen LogP contribution in [-0.2, 0) is 0 Å². The molecule has 0 radical (unpaired) electrons. The van der Waals surface area contributed by atoms with Crippen LogP contribution < -0.4 is 5.32 Å². The van der Waals surface area contributed by atoms with Gasteiger partial charge in [-0.1, -0.05) is 0 Å². The molecule has 2 heterocycles. The van der Waals surface area contributed by atoms with Gasteiger partial charge in [-0.25, -0.2) is 9.97 Å². The van der Waals surface area contributed by atoms with E-state index in [1.54, 1.807) is 6.33 Å². The van der Waals surface area contributed by atoms with Crippen LogP contribution in [0.3, 0.4) is 0 Å². The Morgan fingerprint density at radius 2 is 1.95 bits per heavy atom. The molecule has 1 fully saturated rings. The summed E-state index contributed by atoms with van der Waals surface area (Å²) in [5.74, 6) is 1.59. The van der Waals surface area contributed by atoms with Gasteiger partial charge in [-0.05, 0) is 57.2 Å². The van der Waals surface area contributed by atoms with Crippen LogP contribution in [0.15, 0.2) is 24.7 Å². The second kappa shape index (κ2) is 5.19. The highest BCUT2D eigenvalue weighted by Gasteiger charge is 2.33. The molecule has 0 aliphatic heterocycles. The molecule has 1 N–H and O–H groups in total. The zero-order valence-electron chi connectivity index (χ0n) is 12.2. The summed E-state index contributed by atoms with van der Waals surface area (Å²) in [6.45, 7) is 6.18. The van der Waals surface area contributed by atoms with Crippen molar-refractivity contribution in [2.45, 2.75) is 39.7 Å². The fraction of sp³-hybridized carbons (Fsp3) is 0.438. The van der Waals surface area contributed by atoms with Crippen molar-refractivity contribution < 1.29 is 0 Å². The molecule has 2 aromatic rings. The van der Waals surface area contributed by atoms with E-state index < -0.39 is 0 Å². The second-order valence-electron chi connectivity index (χ2n) is 5.65. The van der Waals surface area contributed by atoms with Gasteiger partial charge in [0.25, 0.3) is 0 Å². The number of aromatic nitrogens is 3. The van der Waals surface area contributed by atoms with Gasteiger partial charge in [0, 0.05) is 17.5 Å². The maximum Gasteiger partial charge on any atom is 0.133 e. The van der Waals surface area contributed by atoms with Crippen LogP contribution in [0, 0.1) is 26.7 Å². The summed E-state index contributed by atoms with van der Waals surface area (Å²) < 4.78 is 0. The van der Waals surface area contributed by atoms with Crippen molar-refractivity contribution in [1.29, 1.82) is 0 Å². The Bertz CT molecular complexity index is 620. The molecule has 2 aromatic heterocycles. The number of hydrogen-bond donors (Lipinski definition) is 1. The number of nitrogens with zero attached hydrogens (tertiary/aromatic N) is 3. The third kappa shape index (κ3) is 2.64. The zero-order chi connectivity index (χ0) is 14.1. The molecule has 0 aromatic carbocycles. The molecule has 1 aliphatic rings. The molecule has 4 heteroatoms. The predicted octanol–water partition coefficient (Wildman–Crippen LogP) is 3.36. The Kier molecular flexibility index (Phi) is 3.38. The van der Waals surface area contributed by atoms with Crippen molar-refractivity contribution in [1.82, 2.24) is 15.0 Å². The van der Waals surface area contributed by atoms with Gasteiger partial charge in [0.15, 0.2) is 0 Å². The van der Waals surface area contributed by atoms with E-state index in [4.69, 9.17) is 0 Å². The molecular formula is C16H20N4. The third-order valence-corrected chi connectivity index (χ3v) is 3.98. The number of pyridine rings is 1. The van der Waals surface area contributed by atoms with Crippen LogP contribution in [0.5, 0.6) is 0 Å². The summed E-state index contributed by atoms with van der Waals surface area (Å²) in [6.07, 6.45) is 6.03. The molecule has 0 bridgehead atoms. The van der Waals surface area contributed by atoms with Gasteiger partial charge in [0.05, 0.1) is 11.7 Å². The molecule has 20 heavy (non-hydrogen) atoms. The molecule has 1 saturated carbocycles. The van der Waals surface area contributed by atoms with Crippen molar-refractivity contribution in [3.63, 3.8) is 0 Å². The molecule has 3 rings (SSSR count). The summed E-state index contributed by atoms with van der Waals surface area (Å²) in [5, 5.41) is 3.58. The topological polar surface area (TPSA) is 50.7 Å². The quantitative estimate of drug-likeness (QED) is 0.923. The minimum Gasteiger partial charge on any atom is -0.361 e. The Hall–Kier alpha value is -1.97. The summed E-state index contributed by atoms with van der Waals surface area (Å²) in [5.41, 5.74) is 4.50. The molecule has 0 amide bonds.